The van der Waals surface area contributed by atoms with E-state index in [1.807, 2.05) is 4.90 Å². The first-order valence-electron chi connectivity index (χ1n) is 4.64. The molecule has 4 heteroatoms. The summed E-state index contributed by atoms with van der Waals surface area (Å²) in [5.74, 6) is 0.680. The maximum Gasteiger partial charge on any atom is 0.153 e. The second-order valence-electron chi connectivity index (χ2n) is 3.42. The highest BCUT2D eigenvalue weighted by atomic mass is 16.3. The Hall–Kier alpha value is -1.42. The molecule has 0 spiro atoms. The number of hydrogen-bond donors (Lipinski definition) is 1. The molecule has 0 aliphatic carbocycles. The van der Waals surface area contributed by atoms with E-state index in [-0.39, 0.29) is 6.10 Å². The van der Waals surface area contributed by atoms with Gasteiger partial charge in [0.2, 0.25) is 0 Å². The zero-order chi connectivity index (χ0) is 9.97. The van der Waals surface area contributed by atoms with Crippen molar-refractivity contribution in [3.63, 3.8) is 0 Å². The molecule has 0 bridgehead atoms. The summed E-state index contributed by atoms with van der Waals surface area (Å²) in [5, 5.41) is 9.37. The van der Waals surface area contributed by atoms with Crippen molar-refractivity contribution in [2.24, 2.45) is 0 Å². The standard InChI is InChI=1S/C10H12N2O2/c13-7-8-2-1-4-11-10(8)12-5-3-9(14)6-12/h1-2,4,7,9,14H,3,5-6H2. The number of anilines is 1. The Balaban J connectivity index is 2.27. The van der Waals surface area contributed by atoms with Gasteiger partial charge in [-0.25, -0.2) is 4.98 Å². The lowest BCUT2D eigenvalue weighted by molar-refractivity contribution is 0.112. The summed E-state index contributed by atoms with van der Waals surface area (Å²) in [6.45, 7) is 1.33. The van der Waals surface area contributed by atoms with Crippen molar-refractivity contribution in [1.29, 1.82) is 0 Å². The van der Waals surface area contributed by atoms with Crippen LogP contribution >= 0.6 is 0 Å². The predicted octanol–water partition coefficient (Wildman–Crippen LogP) is 0.465. The van der Waals surface area contributed by atoms with Gasteiger partial charge in [0.05, 0.1) is 11.7 Å². The van der Waals surface area contributed by atoms with Crippen LogP contribution in [0, 0.1) is 0 Å². The molecule has 0 aromatic carbocycles. The fourth-order valence-electron chi connectivity index (χ4n) is 1.70. The number of carbonyl (C=O) groups excluding carboxylic acids is 1. The van der Waals surface area contributed by atoms with Crippen LogP contribution in [0.2, 0.25) is 0 Å². The van der Waals surface area contributed by atoms with Gasteiger partial charge in [0, 0.05) is 19.3 Å². The van der Waals surface area contributed by atoms with Crippen molar-refractivity contribution in [3.8, 4) is 0 Å². The lowest BCUT2D eigenvalue weighted by Gasteiger charge is -2.17. The largest absolute Gasteiger partial charge is 0.391 e. The highest BCUT2D eigenvalue weighted by molar-refractivity contribution is 5.82. The van der Waals surface area contributed by atoms with E-state index in [4.69, 9.17) is 0 Å². The van der Waals surface area contributed by atoms with Crippen LogP contribution in [-0.4, -0.2) is 35.6 Å². The van der Waals surface area contributed by atoms with E-state index in [2.05, 4.69) is 4.98 Å². The van der Waals surface area contributed by atoms with Crippen LogP contribution in [0.4, 0.5) is 5.82 Å². The summed E-state index contributed by atoms with van der Waals surface area (Å²) in [6.07, 6.45) is 2.91. The molecule has 1 fully saturated rings. The first-order valence-corrected chi connectivity index (χ1v) is 4.64. The number of β-amino-alcohol motifs (C(OH)–C–C–N with tert-alkyl or cyclic N) is 1. The predicted molar refractivity (Wildman–Crippen MR) is 52.5 cm³/mol. The number of hydrogen-bond acceptors (Lipinski definition) is 4. The number of rotatable bonds is 2. The monoisotopic (exact) mass is 192 g/mol. The number of aliphatic hydroxyl groups is 1. The van der Waals surface area contributed by atoms with E-state index < -0.39 is 0 Å². The minimum Gasteiger partial charge on any atom is -0.391 e. The van der Waals surface area contributed by atoms with E-state index in [0.29, 0.717) is 17.9 Å². The maximum absolute atomic E-state index is 10.7. The molecule has 0 saturated carbocycles. The van der Waals surface area contributed by atoms with E-state index in [1.54, 1.807) is 18.3 Å². The molecule has 0 radical (unpaired) electrons. The second kappa shape index (κ2) is 3.75. The molecule has 4 nitrogen and oxygen atoms in total. The molecule has 1 atom stereocenters. The van der Waals surface area contributed by atoms with Crippen LogP contribution in [0.5, 0.6) is 0 Å². The molecule has 14 heavy (non-hydrogen) atoms. The van der Waals surface area contributed by atoms with Crippen molar-refractivity contribution in [2.45, 2.75) is 12.5 Å². The first kappa shape index (κ1) is 9.15. The molecule has 2 heterocycles. The summed E-state index contributed by atoms with van der Waals surface area (Å²) in [7, 11) is 0. The summed E-state index contributed by atoms with van der Waals surface area (Å²) >= 11 is 0. The number of aldehydes is 1. The maximum atomic E-state index is 10.7. The summed E-state index contributed by atoms with van der Waals surface area (Å²) < 4.78 is 0. The van der Waals surface area contributed by atoms with Crippen LogP contribution in [0.25, 0.3) is 0 Å². The quantitative estimate of drug-likeness (QED) is 0.692. The van der Waals surface area contributed by atoms with Gasteiger partial charge in [-0.3, -0.25) is 4.79 Å². The van der Waals surface area contributed by atoms with Gasteiger partial charge in [-0.05, 0) is 18.6 Å². The molecule has 1 N–H and O–H groups in total. The second-order valence-corrected chi connectivity index (χ2v) is 3.42. The third kappa shape index (κ3) is 1.61. The Labute approximate surface area is 82.2 Å². The Bertz CT molecular complexity index is 341. The third-order valence-corrected chi connectivity index (χ3v) is 2.41. The number of aromatic nitrogens is 1. The molecule has 1 saturated heterocycles. The highest BCUT2D eigenvalue weighted by Gasteiger charge is 2.22. The SMILES string of the molecule is O=Cc1cccnc1N1CCC(O)C1. The van der Waals surface area contributed by atoms with Gasteiger partial charge < -0.3 is 10.0 Å². The molecule has 1 aromatic heterocycles. The van der Waals surface area contributed by atoms with Crippen LogP contribution in [0.3, 0.4) is 0 Å². The Kier molecular flexibility index (Phi) is 2.45. The summed E-state index contributed by atoms with van der Waals surface area (Å²) in [6, 6.07) is 3.47. The summed E-state index contributed by atoms with van der Waals surface area (Å²) in [5.41, 5.74) is 0.585. The van der Waals surface area contributed by atoms with Crippen LogP contribution in [-0.2, 0) is 0 Å². The zero-order valence-electron chi connectivity index (χ0n) is 7.76. The van der Waals surface area contributed by atoms with E-state index in [9.17, 15) is 9.90 Å². The molecule has 74 valence electrons. The Morgan fingerprint density at radius 2 is 2.50 bits per heavy atom. The van der Waals surface area contributed by atoms with Crippen LogP contribution in [0.1, 0.15) is 16.8 Å². The van der Waals surface area contributed by atoms with Gasteiger partial charge in [0.25, 0.3) is 0 Å². The smallest absolute Gasteiger partial charge is 0.153 e. The topological polar surface area (TPSA) is 53.4 Å². The van der Waals surface area contributed by atoms with Gasteiger partial charge in [-0.2, -0.15) is 0 Å². The first-order chi connectivity index (χ1) is 6.81. The van der Waals surface area contributed by atoms with Crippen LogP contribution in [0.15, 0.2) is 18.3 Å². The van der Waals surface area contributed by atoms with Crippen molar-refractivity contribution in [3.05, 3.63) is 23.9 Å². The number of pyridine rings is 1. The van der Waals surface area contributed by atoms with Crippen LogP contribution < -0.4 is 4.90 Å². The lowest BCUT2D eigenvalue weighted by Crippen LogP contribution is -2.23. The van der Waals surface area contributed by atoms with Crippen molar-refractivity contribution < 1.29 is 9.90 Å². The molecular weight excluding hydrogens is 180 g/mol. The highest BCUT2D eigenvalue weighted by Crippen LogP contribution is 2.20. The number of aliphatic hydroxyl groups excluding tert-OH is 1. The minimum atomic E-state index is -0.295. The van der Waals surface area contributed by atoms with Crippen molar-refractivity contribution in [1.82, 2.24) is 4.98 Å². The molecule has 1 aromatic rings. The van der Waals surface area contributed by atoms with E-state index in [0.717, 1.165) is 19.3 Å². The third-order valence-electron chi connectivity index (χ3n) is 2.41. The molecule has 1 aliphatic rings. The average Bonchev–Trinajstić information content (AvgIpc) is 2.65. The average molecular weight is 192 g/mol. The zero-order valence-corrected chi connectivity index (χ0v) is 7.76. The summed E-state index contributed by atoms with van der Waals surface area (Å²) in [4.78, 5) is 16.8. The van der Waals surface area contributed by atoms with Gasteiger partial charge in [0.1, 0.15) is 5.82 Å². The normalized spacial score (nSPS) is 21.2. The number of nitrogens with zero attached hydrogens (tertiary/aromatic N) is 2. The molecular formula is C10H12N2O2. The van der Waals surface area contributed by atoms with Gasteiger partial charge in [-0.1, -0.05) is 0 Å². The molecule has 1 aliphatic heterocycles. The van der Waals surface area contributed by atoms with E-state index >= 15 is 0 Å². The fourth-order valence-corrected chi connectivity index (χ4v) is 1.70. The lowest BCUT2D eigenvalue weighted by atomic mass is 10.2. The minimum absolute atomic E-state index is 0.295. The van der Waals surface area contributed by atoms with Gasteiger partial charge >= 0.3 is 0 Å². The van der Waals surface area contributed by atoms with E-state index in [1.165, 1.54) is 0 Å². The molecule has 1 unspecified atom stereocenters. The van der Waals surface area contributed by atoms with Crippen molar-refractivity contribution in [2.75, 3.05) is 18.0 Å². The van der Waals surface area contributed by atoms with Gasteiger partial charge in [0.15, 0.2) is 6.29 Å². The Morgan fingerprint density at radius 1 is 1.64 bits per heavy atom. The number of carbonyl (C=O) groups is 1. The van der Waals surface area contributed by atoms with Gasteiger partial charge in [-0.15, -0.1) is 0 Å². The van der Waals surface area contributed by atoms with Crippen molar-refractivity contribution >= 4 is 12.1 Å². The molecule has 2 rings (SSSR count). The molecule has 0 amide bonds. The Morgan fingerprint density at radius 3 is 3.14 bits per heavy atom. The fraction of sp³-hybridized carbons (Fsp3) is 0.400.